The third-order valence-electron chi connectivity index (χ3n) is 5.18. The average Bonchev–Trinajstić information content (AvgIpc) is 3.12. The van der Waals surface area contributed by atoms with Crippen molar-refractivity contribution < 1.29 is 23.4 Å². The SMILES string of the molecule is CCOc1ccc(N2C(=O)/C(=C\c3ccc(OC)c(COc4ccc(F)cc4Cl)c3)NC2=S)cc1. The highest BCUT2D eigenvalue weighted by Crippen LogP contribution is 2.29. The maximum atomic E-state index is 13.3. The van der Waals surface area contributed by atoms with E-state index >= 15 is 0 Å². The molecule has 1 N–H and O–H groups in total. The lowest BCUT2D eigenvalue weighted by Crippen LogP contribution is -2.30. The maximum Gasteiger partial charge on any atom is 0.281 e. The number of nitrogens with zero attached hydrogens (tertiary/aromatic N) is 1. The molecule has 0 unspecified atom stereocenters. The van der Waals surface area contributed by atoms with E-state index < -0.39 is 5.82 Å². The normalized spacial score (nSPS) is 14.3. The minimum Gasteiger partial charge on any atom is -0.496 e. The first kappa shape index (κ1) is 24.5. The second-order valence-corrected chi connectivity index (χ2v) is 8.28. The molecule has 9 heteroatoms. The van der Waals surface area contributed by atoms with Crippen molar-refractivity contribution >= 4 is 46.6 Å². The molecule has 3 aromatic carbocycles. The van der Waals surface area contributed by atoms with Crippen molar-refractivity contribution in [3.05, 3.63) is 88.3 Å². The molecule has 0 atom stereocenters. The van der Waals surface area contributed by atoms with Crippen molar-refractivity contribution in [2.24, 2.45) is 0 Å². The predicted octanol–water partition coefficient (Wildman–Crippen LogP) is 5.73. The maximum absolute atomic E-state index is 13.3. The number of hydrogen-bond donors (Lipinski definition) is 1. The lowest BCUT2D eigenvalue weighted by Gasteiger charge is -2.14. The molecular weight excluding hydrogens is 491 g/mol. The number of rotatable bonds is 8. The topological polar surface area (TPSA) is 60.0 Å². The van der Waals surface area contributed by atoms with Gasteiger partial charge in [-0.25, -0.2) is 4.39 Å². The van der Waals surface area contributed by atoms with Crippen LogP contribution in [0.15, 0.2) is 66.4 Å². The third kappa shape index (κ3) is 5.55. The molecule has 1 saturated heterocycles. The second kappa shape index (κ2) is 10.8. The van der Waals surface area contributed by atoms with E-state index in [9.17, 15) is 9.18 Å². The number of carbonyl (C=O) groups is 1. The highest BCUT2D eigenvalue weighted by atomic mass is 35.5. The molecule has 1 aliphatic heterocycles. The lowest BCUT2D eigenvalue weighted by molar-refractivity contribution is -0.113. The van der Waals surface area contributed by atoms with E-state index in [1.165, 1.54) is 23.1 Å². The molecule has 0 aromatic heterocycles. The number of ether oxygens (including phenoxy) is 3. The van der Waals surface area contributed by atoms with Gasteiger partial charge in [0, 0.05) is 5.56 Å². The number of amides is 1. The van der Waals surface area contributed by atoms with Gasteiger partial charge in [0.25, 0.3) is 5.91 Å². The Bertz CT molecular complexity index is 1300. The van der Waals surface area contributed by atoms with Crippen LogP contribution >= 0.6 is 23.8 Å². The van der Waals surface area contributed by atoms with E-state index in [1.54, 1.807) is 43.5 Å². The van der Waals surface area contributed by atoms with Crippen LogP contribution in [0.2, 0.25) is 5.02 Å². The summed E-state index contributed by atoms with van der Waals surface area (Å²) in [5.41, 5.74) is 2.43. The molecule has 0 bridgehead atoms. The van der Waals surface area contributed by atoms with Gasteiger partial charge in [-0.1, -0.05) is 17.7 Å². The Balaban J connectivity index is 1.54. The van der Waals surface area contributed by atoms with Crippen LogP contribution < -0.4 is 24.4 Å². The van der Waals surface area contributed by atoms with Gasteiger partial charge in [-0.05, 0) is 85.4 Å². The Kier molecular flexibility index (Phi) is 7.53. The van der Waals surface area contributed by atoms with Crippen molar-refractivity contribution in [2.75, 3.05) is 18.6 Å². The van der Waals surface area contributed by atoms with Crippen molar-refractivity contribution in [1.82, 2.24) is 5.32 Å². The van der Waals surface area contributed by atoms with Crippen LogP contribution in [0.5, 0.6) is 17.2 Å². The van der Waals surface area contributed by atoms with Crippen molar-refractivity contribution in [2.45, 2.75) is 13.5 Å². The standard InChI is InChI=1S/C26H22ClFN2O4S/c1-3-33-20-8-6-19(7-9-20)30-25(31)22(29-26(30)35)13-16-4-10-23(32-2)17(12-16)15-34-24-11-5-18(28)14-21(24)27/h4-14H,3,15H2,1-2H3,(H,29,35)/b22-13+. The van der Waals surface area contributed by atoms with E-state index in [0.29, 0.717) is 35.2 Å². The minimum absolute atomic E-state index is 0.129. The highest BCUT2D eigenvalue weighted by Gasteiger charge is 2.32. The fraction of sp³-hybridized carbons (Fsp3) is 0.154. The number of benzene rings is 3. The van der Waals surface area contributed by atoms with Crippen LogP contribution in [-0.2, 0) is 11.4 Å². The van der Waals surface area contributed by atoms with Crippen LogP contribution in [0, 0.1) is 5.82 Å². The smallest absolute Gasteiger partial charge is 0.281 e. The van der Waals surface area contributed by atoms with Crippen LogP contribution in [0.25, 0.3) is 6.08 Å². The Hall–Kier alpha value is -3.62. The minimum atomic E-state index is -0.445. The van der Waals surface area contributed by atoms with Crippen molar-refractivity contribution in [3.8, 4) is 17.2 Å². The molecule has 4 rings (SSSR count). The van der Waals surface area contributed by atoms with E-state index in [2.05, 4.69) is 5.32 Å². The summed E-state index contributed by atoms with van der Waals surface area (Å²) in [5.74, 6) is 0.947. The molecule has 3 aromatic rings. The summed E-state index contributed by atoms with van der Waals surface area (Å²) in [6.07, 6.45) is 1.71. The van der Waals surface area contributed by atoms with Gasteiger partial charge in [-0.2, -0.15) is 0 Å². The zero-order valence-electron chi connectivity index (χ0n) is 19.0. The molecular formula is C26H22ClFN2O4S. The van der Waals surface area contributed by atoms with Gasteiger partial charge in [0.2, 0.25) is 0 Å². The van der Waals surface area contributed by atoms with Gasteiger partial charge < -0.3 is 19.5 Å². The number of methoxy groups -OCH3 is 1. The molecule has 0 radical (unpaired) electrons. The molecule has 35 heavy (non-hydrogen) atoms. The van der Waals surface area contributed by atoms with Gasteiger partial charge in [0.15, 0.2) is 5.11 Å². The van der Waals surface area contributed by atoms with Gasteiger partial charge >= 0.3 is 0 Å². The summed E-state index contributed by atoms with van der Waals surface area (Å²) < 4.78 is 30.0. The number of thiocarbonyl (C=S) groups is 1. The number of hydrogen-bond acceptors (Lipinski definition) is 5. The zero-order chi connectivity index (χ0) is 24.9. The second-order valence-electron chi connectivity index (χ2n) is 7.49. The Morgan fingerprint density at radius 2 is 1.80 bits per heavy atom. The van der Waals surface area contributed by atoms with Gasteiger partial charge in [0.05, 0.1) is 24.4 Å². The average molecular weight is 513 g/mol. The Morgan fingerprint density at radius 1 is 1.06 bits per heavy atom. The third-order valence-corrected chi connectivity index (χ3v) is 5.76. The molecule has 1 aliphatic rings. The Morgan fingerprint density at radius 3 is 2.49 bits per heavy atom. The molecule has 0 spiro atoms. The monoisotopic (exact) mass is 512 g/mol. The number of nitrogens with one attached hydrogen (secondary N) is 1. The summed E-state index contributed by atoms with van der Waals surface area (Å²) in [5, 5.41) is 3.44. The van der Waals surface area contributed by atoms with Gasteiger partial charge in [-0.3, -0.25) is 9.69 Å². The highest BCUT2D eigenvalue weighted by molar-refractivity contribution is 7.80. The lowest BCUT2D eigenvalue weighted by atomic mass is 10.1. The zero-order valence-corrected chi connectivity index (χ0v) is 20.6. The number of carbonyl (C=O) groups excluding carboxylic acids is 1. The van der Waals surface area contributed by atoms with Crippen LogP contribution in [0.3, 0.4) is 0 Å². The molecule has 6 nitrogen and oxygen atoms in total. The summed E-state index contributed by atoms with van der Waals surface area (Å²) in [7, 11) is 1.55. The fourth-order valence-electron chi connectivity index (χ4n) is 3.54. The van der Waals surface area contributed by atoms with Crippen molar-refractivity contribution in [1.29, 1.82) is 0 Å². The summed E-state index contributed by atoms with van der Waals surface area (Å²) in [6, 6.07) is 16.5. The van der Waals surface area contributed by atoms with Crippen LogP contribution in [-0.4, -0.2) is 24.7 Å². The summed E-state index contributed by atoms with van der Waals surface area (Å²) in [6.45, 7) is 2.59. The van der Waals surface area contributed by atoms with Gasteiger partial charge in [-0.15, -0.1) is 0 Å². The predicted molar refractivity (Wildman–Crippen MR) is 138 cm³/mol. The summed E-state index contributed by atoms with van der Waals surface area (Å²) >= 11 is 11.5. The molecule has 0 saturated carbocycles. The molecule has 1 amide bonds. The molecule has 0 aliphatic carbocycles. The van der Waals surface area contributed by atoms with Gasteiger partial charge in [0.1, 0.15) is 35.4 Å². The first-order valence-corrected chi connectivity index (χ1v) is 11.5. The van der Waals surface area contributed by atoms with E-state index in [4.69, 9.17) is 38.0 Å². The van der Waals surface area contributed by atoms with Crippen LogP contribution in [0.4, 0.5) is 10.1 Å². The van der Waals surface area contributed by atoms with E-state index in [0.717, 1.165) is 11.1 Å². The summed E-state index contributed by atoms with van der Waals surface area (Å²) in [4.78, 5) is 14.5. The van der Waals surface area contributed by atoms with Crippen LogP contribution in [0.1, 0.15) is 18.1 Å². The first-order valence-electron chi connectivity index (χ1n) is 10.7. The quantitative estimate of drug-likeness (QED) is 0.307. The number of anilines is 1. The first-order chi connectivity index (χ1) is 16.9. The Labute approximate surface area is 212 Å². The molecule has 180 valence electrons. The number of halogens is 2. The molecule has 1 heterocycles. The molecule has 1 fully saturated rings. The largest absolute Gasteiger partial charge is 0.496 e. The van der Waals surface area contributed by atoms with Crippen molar-refractivity contribution in [3.63, 3.8) is 0 Å². The fourth-order valence-corrected chi connectivity index (χ4v) is 4.06. The van der Waals surface area contributed by atoms with E-state index in [-0.39, 0.29) is 22.6 Å². The van der Waals surface area contributed by atoms with E-state index in [1.807, 2.05) is 19.1 Å².